The number of ether oxygens (including phenoxy) is 1. The Morgan fingerprint density at radius 2 is 1.85 bits per heavy atom. The summed E-state index contributed by atoms with van der Waals surface area (Å²) < 4.78 is 4.94. The molecule has 0 radical (unpaired) electrons. The normalized spacial score (nSPS) is 17.1. The van der Waals surface area contributed by atoms with E-state index in [1.165, 1.54) is 44.9 Å². The van der Waals surface area contributed by atoms with Crippen LogP contribution >= 0.6 is 11.6 Å². The van der Waals surface area contributed by atoms with E-state index in [0.29, 0.717) is 17.0 Å². The molecule has 3 heterocycles. The van der Waals surface area contributed by atoms with Crippen LogP contribution in [0.3, 0.4) is 0 Å². The number of hydrogen-bond donors (Lipinski definition) is 2. The minimum Gasteiger partial charge on any atom is -0.381 e. The van der Waals surface area contributed by atoms with Crippen LogP contribution in [0.25, 0.3) is 11.3 Å². The van der Waals surface area contributed by atoms with Crippen molar-refractivity contribution in [3.8, 4) is 11.3 Å². The number of aromatic nitrogens is 3. The molecule has 1 saturated heterocycles. The van der Waals surface area contributed by atoms with Gasteiger partial charge in [0, 0.05) is 38.1 Å². The van der Waals surface area contributed by atoms with E-state index in [9.17, 15) is 0 Å². The molecule has 0 unspecified atom stereocenters. The molecule has 0 amide bonds. The molecule has 0 spiro atoms. The first-order valence-electron chi connectivity index (χ1n) is 9.77. The third-order valence-electron chi connectivity index (χ3n) is 4.80. The Kier molecular flexibility index (Phi) is 7.66. The molecule has 2 aromatic heterocycles. The third-order valence-corrected chi connectivity index (χ3v) is 5.08. The number of nitrogens with one attached hydrogen (secondary N) is 2. The Morgan fingerprint density at radius 1 is 1.07 bits per heavy atom. The Balaban J connectivity index is 0.000000364. The van der Waals surface area contributed by atoms with Crippen LogP contribution in [0.4, 0.5) is 11.8 Å². The summed E-state index contributed by atoms with van der Waals surface area (Å²) in [4.78, 5) is 13.1. The number of halogens is 1. The van der Waals surface area contributed by atoms with Gasteiger partial charge in [0.05, 0.1) is 16.9 Å². The number of anilines is 2. The van der Waals surface area contributed by atoms with Crippen LogP contribution in [0.15, 0.2) is 24.5 Å². The molecule has 2 fully saturated rings. The van der Waals surface area contributed by atoms with E-state index in [1.54, 1.807) is 12.4 Å². The zero-order chi connectivity index (χ0) is 18.9. The lowest BCUT2D eigenvalue weighted by molar-refractivity contribution is 0.198. The molecule has 146 valence electrons. The van der Waals surface area contributed by atoms with Crippen molar-refractivity contribution in [2.24, 2.45) is 0 Å². The lowest BCUT2D eigenvalue weighted by Gasteiger charge is -2.22. The van der Waals surface area contributed by atoms with E-state index in [-0.39, 0.29) is 0 Å². The highest BCUT2D eigenvalue weighted by Gasteiger charge is 2.15. The molecular weight excluding hydrogens is 362 g/mol. The van der Waals surface area contributed by atoms with Crippen molar-refractivity contribution in [3.63, 3.8) is 0 Å². The number of pyridine rings is 1. The first-order valence-corrected chi connectivity index (χ1v) is 10.1. The van der Waals surface area contributed by atoms with E-state index in [4.69, 9.17) is 16.3 Å². The van der Waals surface area contributed by atoms with Crippen molar-refractivity contribution in [2.75, 3.05) is 30.9 Å². The summed E-state index contributed by atoms with van der Waals surface area (Å²) >= 11 is 6.28. The second-order valence-electron chi connectivity index (χ2n) is 6.87. The zero-order valence-corrected chi connectivity index (χ0v) is 16.6. The molecule has 2 aromatic rings. The van der Waals surface area contributed by atoms with Crippen LogP contribution in [0, 0.1) is 0 Å². The standard InChI is InChI=1S/C16H20ClN5.C4H8O/c1-18-14-9-11(7-8-19-14)15-13(17)10-20-16(22-15)21-12-5-3-2-4-6-12;1-2-4-5-3-1/h7-10,12H,2-6H2,1H3,(H,18,19)(H,20,21,22);1-4H2. The van der Waals surface area contributed by atoms with Gasteiger partial charge in [-0.3, -0.25) is 0 Å². The Labute approximate surface area is 166 Å². The van der Waals surface area contributed by atoms with Crippen LogP contribution in [-0.2, 0) is 4.74 Å². The molecule has 0 atom stereocenters. The largest absolute Gasteiger partial charge is 0.381 e. The SMILES string of the molecule is C1CCOC1.CNc1cc(-c2nc(NC3CCCCC3)ncc2Cl)ccn1. The number of hydrogen-bond acceptors (Lipinski definition) is 6. The van der Waals surface area contributed by atoms with Crippen molar-refractivity contribution in [2.45, 2.75) is 51.0 Å². The average molecular weight is 390 g/mol. The van der Waals surface area contributed by atoms with Crippen molar-refractivity contribution in [1.82, 2.24) is 15.0 Å². The van der Waals surface area contributed by atoms with Gasteiger partial charge in [0.15, 0.2) is 0 Å². The van der Waals surface area contributed by atoms with Crippen LogP contribution in [0.1, 0.15) is 44.9 Å². The second kappa shape index (κ2) is 10.4. The minimum atomic E-state index is 0.466. The summed E-state index contributed by atoms with van der Waals surface area (Å²) in [6.07, 6.45) is 12.2. The maximum atomic E-state index is 6.28. The molecule has 2 N–H and O–H groups in total. The predicted molar refractivity (Wildman–Crippen MR) is 110 cm³/mol. The van der Waals surface area contributed by atoms with Gasteiger partial charge >= 0.3 is 0 Å². The Morgan fingerprint density at radius 3 is 2.52 bits per heavy atom. The van der Waals surface area contributed by atoms with Gasteiger partial charge in [-0.15, -0.1) is 0 Å². The molecule has 1 aliphatic heterocycles. The molecule has 0 aromatic carbocycles. The van der Waals surface area contributed by atoms with Gasteiger partial charge in [-0.2, -0.15) is 0 Å². The molecule has 4 rings (SSSR count). The van der Waals surface area contributed by atoms with Crippen LogP contribution in [0.2, 0.25) is 5.02 Å². The van der Waals surface area contributed by atoms with E-state index in [0.717, 1.165) is 30.3 Å². The highest BCUT2D eigenvalue weighted by Crippen LogP contribution is 2.28. The Bertz CT molecular complexity index is 710. The first kappa shape index (κ1) is 19.8. The van der Waals surface area contributed by atoms with E-state index in [1.807, 2.05) is 19.2 Å². The molecule has 0 bridgehead atoms. The molecule has 2 aliphatic rings. The summed E-state index contributed by atoms with van der Waals surface area (Å²) in [5, 5.41) is 7.00. The molecule has 1 aliphatic carbocycles. The van der Waals surface area contributed by atoms with Crippen LogP contribution in [0.5, 0.6) is 0 Å². The highest BCUT2D eigenvalue weighted by molar-refractivity contribution is 6.32. The van der Waals surface area contributed by atoms with Gasteiger partial charge in [-0.25, -0.2) is 15.0 Å². The van der Waals surface area contributed by atoms with Crippen LogP contribution in [-0.4, -0.2) is 41.3 Å². The molecule has 1 saturated carbocycles. The van der Waals surface area contributed by atoms with Crippen molar-refractivity contribution >= 4 is 23.4 Å². The van der Waals surface area contributed by atoms with Gasteiger partial charge in [0.25, 0.3) is 0 Å². The smallest absolute Gasteiger partial charge is 0.223 e. The lowest BCUT2D eigenvalue weighted by Crippen LogP contribution is -2.23. The molecule has 6 nitrogen and oxygen atoms in total. The monoisotopic (exact) mass is 389 g/mol. The van der Waals surface area contributed by atoms with E-state index >= 15 is 0 Å². The quantitative estimate of drug-likeness (QED) is 0.784. The van der Waals surface area contributed by atoms with Crippen molar-refractivity contribution < 1.29 is 4.74 Å². The fourth-order valence-corrected chi connectivity index (χ4v) is 3.49. The minimum absolute atomic E-state index is 0.466. The summed E-state index contributed by atoms with van der Waals surface area (Å²) in [5.41, 5.74) is 1.66. The van der Waals surface area contributed by atoms with E-state index < -0.39 is 0 Å². The molecule has 27 heavy (non-hydrogen) atoms. The summed E-state index contributed by atoms with van der Waals surface area (Å²) in [7, 11) is 1.84. The summed E-state index contributed by atoms with van der Waals surface area (Å²) in [5.74, 6) is 1.43. The summed E-state index contributed by atoms with van der Waals surface area (Å²) in [6, 6.07) is 4.30. The van der Waals surface area contributed by atoms with E-state index in [2.05, 4.69) is 25.6 Å². The van der Waals surface area contributed by atoms with Crippen molar-refractivity contribution in [3.05, 3.63) is 29.5 Å². The number of rotatable bonds is 4. The molecular formula is C20H28ClN5O. The fraction of sp³-hybridized carbons (Fsp3) is 0.550. The van der Waals surface area contributed by atoms with Gasteiger partial charge in [0.2, 0.25) is 5.95 Å². The maximum absolute atomic E-state index is 6.28. The van der Waals surface area contributed by atoms with Gasteiger partial charge in [0.1, 0.15) is 5.82 Å². The Hall–Kier alpha value is -1.92. The summed E-state index contributed by atoms with van der Waals surface area (Å²) in [6.45, 7) is 2.00. The van der Waals surface area contributed by atoms with Gasteiger partial charge in [-0.05, 0) is 37.8 Å². The number of nitrogens with zero attached hydrogens (tertiary/aromatic N) is 3. The van der Waals surface area contributed by atoms with Gasteiger partial charge in [-0.1, -0.05) is 30.9 Å². The zero-order valence-electron chi connectivity index (χ0n) is 15.9. The maximum Gasteiger partial charge on any atom is 0.223 e. The highest BCUT2D eigenvalue weighted by atomic mass is 35.5. The predicted octanol–water partition coefficient (Wildman–Crippen LogP) is 4.78. The van der Waals surface area contributed by atoms with Gasteiger partial charge < -0.3 is 15.4 Å². The third kappa shape index (κ3) is 6.04. The van der Waals surface area contributed by atoms with Crippen LogP contribution < -0.4 is 10.6 Å². The topological polar surface area (TPSA) is 72.0 Å². The lowest BCUT2D eigenvalue weighted by atomic mass is 9.96. The first-order chi connectivity index (χ1) is 13.3. The fourth-order valence-electron chi connectivity index (χ4n) is 3.29. The van der Waals surface area contributed by atoms with Crippen molar-refractivity contribution in [1.29, 1.82) is 0 Å². The average Bonchev–Trinajstić information content (AvgIpc) is 3.30. The molecule has 7 heteroatoms. The second-order valence-corrected chi connectivity index (χ2v) is 7.28.